The molecule has 0 aliphatic heterocycles. The van der Waals surface area contributed by atoms with E-state index in [9.17, 15) is 4.79 Å². The predicted octanol–water partition coefficient (Wildman–Crippen LogP) is 5.20. The minimum absolute atomic E-state index is 0.0729. The molecule has 3 aromatic carbocycles. The van der Waals surface area contributed by atoms with E-state index in [-0.39, 0.29) is 11.7 Å². The van der Waals surface area contributed by atoms with Crippen LogP contribution in [0.3, 0.4) is 0 Å². The molecule has 1 amide bonds. The van der Waals surface area contributed by atoms with Gasteiger partial charge in [0.2, 0.25) is 5.91 Å². The number of nitrogens with zero attached hydrogens (tertiary/aromatic N) is 3. The molecule has 0 bridgehead atoms. The van der Waals surface area contributed by atoms with Crippen LogP contribution in [0.2, 0.25) is 0 Å². The molecule has 7 heteroatoms. The minimum Gasteiger partial charge on any atom is -0.485 e. The van der Waals surface area contributed by atoms with E-state index in [1.54, 1.807) is 0 Å². The number of aryl methyl sites for hydroxylation is 2. The number of thioether (sulfide) groups is 1. The Labute approximate surface area is 192 Å². The standard InChI is InChI=1S/C25H26N4O2S/c1-16-8-7-11-21(17(16)2)26-24(30)15-32-25-28-27-23(29(25)4)14-31-22-13-12-19-9-5-6-10-20(19)18(22)3/h5-13H,14-15H2,1-4H3,(H,26,30). The van der Waals surface area contributed by atoms with Gasteiger partial charge in [0.05, 0.1) is 5.75 Å². The summed E-state index contributed by atoms with van der Waals surface area (Å²) >= 11 is 1.35. The number of benzene rings is 3. The Morgan fingerprint density at radius 1 is 1.00 bits per heavy atom. The Morgan fingerprint density at radius 3 is 2.66 bits per heavy atom. The zero-order valence-electron chi connectivity index (χ0n) is 18.7. The molecule has 0 aliphatic rings. The van der Waals surface area contributed by atoms with E-state index in [1.165, 1.54) is 22.5 Å². The van der Waals surface area contributed by atoms with E-state index in [1.807, 2.05) is 61.9 Å². The molecule has 4 rings (SSSR count). The van der Waals surface area contributed by atoms with Crippen molar-refractivity contribution in [2.24, 2.45) is 7.05 Å². The smallest absolute Gasteiger partial charge is 0.234 e. The molecule has 4 aromatic rings. The monoisotopic (exact) mass is 446 g/mol. The summed E-state index contributed by atoms with van der Waals surface area (Å²) in [7, 11) is 1.89. The van der Waals surface area contributed by atoms with E-state index in [4.69, 9.17) is 4.74 Å². The van der Waals surface area contributed by atoms with Gasteiger partial charge in [-0.05, 0) is 60.4 Å². The molecule has 0 saturated carbocycles. The third-order valence-electron chi connectivity index (χ3n) is 5.64. The summed E-state index contributed by atoms with van der Waals surface area (Å²) in [5, 5.41) is 14.5. The summed E-state index contributed by atoms with van der Waals surface area (Å²) in [6, 6.07) is 18.2. The van der Waals surface area contributed by atoms with Crippen LogP contribution in [0.25, 0.3) is 10.8 Å². The molecular formula is C25H26N4O2S. The lowest BCUT2D eigenvalue weighted by molar-refractivity contribution is -0.113. The van der Waals surface area contributed by atoms with Gasteiger partial charge in [-0.2, -0.15) is 0 Å². The Bertz CT molecular complexity index is 1280. The maximum Gasteiger partial charge on any atom is 0.234 e. The van der Waals surface area contributed by atoms with Crippen molar-refractivity contribution < 1.29 is 9.53 Å². The van der Waals surface area contributed by atoms with Crippen LogP contribution in [0, 0.1) is 20.8 Å². The molecule has 1 aromatic heterocycles. The van der Waals surface area contributed by atoms with E-state index in [2.05, 4.69) is 40.6 Å². The first-order valence-electron chi connectivity index (χ1n) is 10.4. The second-order valence-electron chi connectivity index (χ2n) is 7.74. The van der Waals surface area contributed by atoms with Crippen LogP contribution in [-0.2, 0) is 18.4 Å². The Morgan fingerprint density at radius 2 is 1.81 bits per heavy atom. The van der Waals surface area contributed by atoms with Crippen LogP contribution in [0.15, 0.2) is 59.8 Å². The first-order valence-corrected chi connectivity index (χ1v) is 11.4. The minimum atomic E-state index is -0.0729. The number of amides is 1. The highest BCUT2D eigenvalue weighted by Crippen LogP contribution is 2.28. The molecule has 0 aliphatic carbocycles. The quantitative estimate of drug-likeness (QED) is 0.395. The number of anilines is 1. The molecule has 0 atom stereocenters. The number of nitrogens with one attached hydrogen (secondary N) is 1. The molecule has 6 nitrogen and oxygen atoms in total. The summed E-state index contributed by atoms with van der Waals surface area (Å²) < 4.78 is 7.91. The number of ether oxygens (including phenoxy) is 1. The van der Waals surface area contributed by atoms with Gasteiger partial charge in [0, 0.05) is 12.7 Å². The van der Waals surface area contributed by atoms with Gasteiger partial charge >= 0.3 is 0 Å². The van der Waals surface area contributed by atoms with Gasteiger partial charge in [-0.1, -0.05) is 54.2 Å². The van der Waals surface area contributed by atoms with E-state index >= 15 is 0 Å². The number of hydrogen-bond donors (Lipinski definition) is 1. The van der Waals surface area contributed by atoms with E-state index in [0.717, 1.165) is 28.1 Å². The number of carbonyl (C=O) groups excluding carboxylic acids is 1. The average molecular weight is 447 g/mol. The Kier molecular flexibility index (Phi) is 6.46. The van der Waals surface area contributed by atoms with Crippen molar-refractivity contribution in [3.63, 3.8) is 0 Å². The van der Waals surface area contributed by atoms with Gasteiger partial charge in [-0.3, -0.25) is 4.79 Å². The molecule has 0 fully saturated rings. The summed E-state index contributed by atoms with van der Waals surface area (Å²) in [5.41, 5.74) is 4.17. The first kappa shape index (κ1) is 21.9. The average Bonchev–Trinajstić information content (AvgIpc) is 3.14. The molecule has 1 heterocycles. The van der Waals surface area contributed by atoms with Gasteiger partial charge in [-0.15, -0.1) is 10.2 Å². The van der Waals surface area contributed by atoms with Crippen molar-refractivity contribution in [1.29, 1.82) is 0 Å². The first-order chi connectivity index (χ1) is 15.4. The number of rotatable bonds is 7. The maximum absolute atomic E-state index is 12.4. The highest BCUT2D eigenvalue weighted by Gasteiger charge is 2.14. The van der Waals surface area contributed by atoms with Crippen LogP contribution >= 0.6 is 11.8 Å². The van der Waals surface area contributed by atoms with Crippen LogP contribution < -0.4 is 10.1 Å². The van der Waals surface area contributed by atoms with Crippen molar-refractivity contribution in [2.75, 3.05) is 11.1 Å². The van der Waals surface area contributed by atoms with Crippen LogP contribution in [0.1, 0.15) is 22.5 Å². The fourth-order valence-corrected chi connectivity index (χ4v) is 4.23. The summed E-state index contributed by atoms with van der Waals surface area (Å²) in [6.07, 6.45) is 0. The molecule has 1 N–H and O–H groups in total. The lowest BCUT2D eigenvalue weighted by Crippen LogP contribution is -2.15. The van der Waals surface area contributed by atoms with Gasteiger partial charge in [0.25, 0.3) is 0 Å². The zero-order chi connectivity index (χ0) is 22.7. The number of hydrogen-bond acceptors (Lipinski definition) is 5. The molecule has 164 valence electrons. The van der Waals surface area contributed by atoms with Crippen LogP contribution in [-0.4, -0.2) is 26.4 Å². The molecule has 0 spiro atoms. The Balaban J connectivity index is 1.37. The van der Waals surface area contributed by atoms with Crippen molar-refractivity contribution >= 4 is 34.1 Å². The fraction of sp³-hybridized carbons (Fsp3) is 0.240. The topological polar surface area (TPSA) is 69.0 Å². The normalized spacial score (nSPS) is 11.0. The van der Waals surface area contributed by atoms with Gasteiger partial charge in [0.1, 0.15) is 12.4 Å². The summed E-state index contributed by atoms with van der Waals surface area (Å²) in [5.74, 6) is 1.71. The maximum atomic E-state index is 12.4. The number of carbonyl (C=O) groups is 1. The Hall–Kier alpha value is -3.32. The third kappa shape index (κ3) is 4.62. The molecule has 0 saturated heterocycles. The van der Waals surface area contributed by atoms with Crippen molar-refractivity contribution in [3.05, 3.63) is 77.1 Å². The molecular weight excluding hydrogens is 420 g/mol. The largest absolute Gasteiger partial charge is 0.485 e. The number of fused-ring (bicyclic) bond motifs is 1. The van der Waals surface area contributed by atoms with Gasteiger partial charge in [0.15, 0.2) is 11.0 Å². The summed E-state index contributed by atoms with van der Waals surface area (Å²) in [6.45, 7) is 6.40. The second kappa shape index (κ2) is 9.44. The van der Waals surface area contributed by atoms with Crippen molar-refractivity contribution in [1.82, 2.24) is 14.8 Å². The third-order valence-corrected chi connectivity index (χ3v) is 6.66. The van der Waals surface area contributed by atoms with Crippen LogP contribution in [0.5, 0.6) is 5.75 Å². The SMILES string of the molecule is Cc1cccc(NC(=O)CSc2nnc(COc3ccc4ccccc4c3C)n2C)c1C. The van der Waals surface area contributed by atoms with E-state index < -0.39 is 0 Å². The number of aromatic nitrogens is 3. The zero-order valence-corrected chi connectivity index (χ0v) is 19.5. The van der Waals surface area contributed by atoms with Crippen molar-refractivity contribution in [2.45, 2.75) is 32.5 Å². The van der Waals surface area contributed by atoms with Crippen LogP contribution in [0.4, 0.5) is 5.69 Å². The van der Waals surface area contributed by atoms with Gasteiger partial charge < -0.3 is 14.6 Å². The fourth-order valence-electron chi connectivity index (χ4n) is 3.51. The lowest BCUT2D eigenvalue weighted by Gasteiger charge is -2.11. The predicted molar refractivity (Wildman–Crippen MR) is 129 cm³/mol. The molecule has 0 radical (unpaired) electrons. The van der Waals surface area contributed by atoms with E-state index in [0.29, 0.717) is 17.6 Å². The molecule has 32 heavy (non-hydrogen) atoms. The highest BCUT2D eigenvalue weighted by atomic mass is 32.2. The van der Waals surface area contributed by atoms with Gasteiger partial charge in [-0.25, -0.2) is 0 Å². The van der Waals surface area contributed by atoms with Crippen molar-refractivity contribution in [3.8, 4) is 5.75 Å². The summed E-state index contributed by atoms with van der Waals surface area (Å²) in [4.78, 5) is 12.4. The lowest BCUT2D eigenvalue weighted by atomic mass is 10.0. The second-order valence-corrected chi connectivity index (χ2v) is 8.68. The molecule has 0 unspecified atom stereocenters. The highest BCUT2D eigenvalue weighted by molar-refractivity contribution is 7.99.